The average molecular weight is 603 g/mol. The summed E-state index contributed by atoms with van der Waals surface area (Å²) in [5.41, 5.74) is 2.66. The van der Waals surface area contributed by atoms with Crippen LogP contribution >= 0.6 is 0 Å². The van der Waals surface area contributed by atoms with Crippen molar-refractivity contribution in [3.8, 4) is 6.07 Å². The Kier molecular flexibility index (Phi) is 9.37. The van der Waals surface area contributed by atoms with E-state index in [1.165, 1.54) is 6.07 Å². The first-order chi connectivity index (χ1) is 20.9. The van der Waals surface area contributed by atoms with Crippen molar-refractivity contribution >= 4 is 22.8 Å². The molecule has 5 rings (SSSR count). The van der Waals surface area contributed by atoms with Gasteiger partial charge < -0.3 is 20.0 Å². The zero-order chi connectivity index (χ0) is 31.6. The molecule has 2 heterocycles. The summed E-state index contributed by atoms with van der Waals surface area (Å²) in [6.07, 6.45) is 4.84. The number of aliphatic hydroxyl groups is 1. The Bertz CT molecular complexity index is 1630. The van der Waals surface area contributed by atoms with Gasteiger partial charge in [-0.3, -0.25) is 14.5 Å². The van der Waals surface area contributed by atoms with E-state index in [9.17, 15) is 24.3 Å². The summed E-state index contributed by atoms with van der Waals surface area (Å²) < 4.78 is 16.2. The number of halogens is 1. The van der Waals surface area contributed by atoms with Crippen molar-refractivity contribution < 1.29 is 19.1 Å². The van der Waals surface area contributed by atoms with Crippen LogP contribution in [0.3, 0.4) is 0 Å². The summed E-state index contributed by atoms with van der Waals surface area (Å²) in [5, 5.41) is 22.7. The molecule has 0 unspecified atom stereocenters. The number of carbonyl (C=O) groups is 2. The number of nitrogens with zero attached hydrogens (tertiary/aromatic N) is 4. The fourth-order valence-corrected chi connectivity index (χ4v) is 6.72. The molecule has 0 spiro atoms. The number of likely N-dealkylation sites (tertiary alicyclic amines) is 1. The van der Waals surface area contributed by atoms with Crippen molar-refractivity contribution in [3.63, 3.8) is 0 Å². The average Bonchev–Trinajstić information content (AvgIpc) is 3.33. The molecule has 2 aromatic carbocycles. The van der Waals surface area contributed by atoms with Crippen LogP contribution in [0.5, 0.6) is 0 Å². The van der Waals surface area contributed by atoms with Crippen LogP contribution in [0.2, 0.25) is 0 Å². The molecule has 1 aliphatic heterocycles. The van der Waals surface area contributed by atoms with Gasteiger partial charge in [-0.25, -0.2) is 4.39 Å². The van der Waals surface area contributed by atoms with Crippen molar-refractivity contribution in [2.45, 2.75) is 90.4 Å². The molecule has 0 radical (unpaired) electrons. The van der Waals surface area contributed by atoms with E-state index in [2.05, 4.69) is 36.9 Å². The Morgan fingerprint density at radius 2 is 1.82 bits per heavy atom. The number of nitriles is 1. The zero-order valence-corrected chi connectivity index (χ0v) is 26.1. The second kappa shape index (κ2) is 13.0. The first-order valence-corrected chi connectivity index (χ1v) is 15.7. The molecule has 2 aliphatic rings. The minimum Gasteiger partial charge on any atom is -0.390 e. The highest BCUT2D eigenvalue weighted by Crippen LogP contribution is 2.34. The van der Waals surface area contributed by atoms with Gasteiger partial charge in [0.1, 0.15) is 5.82 Å². The molecule has 1 aliphatic carbocycles. The number of hydrogen-bond donors (Lipinski definition) is 3. The van der Waals surface area contributed by atoms with E-state index in [1.807, 2.05) is 39.8 Å². The molecule has 3 N–H and O–H groups in total. The van der Waals surface area contributed by atoms with Gasteiger partial charge in [0.2, 0.25) is 11.5 Å². The summed E-state index contributed by atoms with van der Waals surface area (Å²) in [7, 11) is 0. The number of benzene rings is 2. The van der Waals surface area contributed by atoms with Crippen LogP contribution in [0.25, 0.3) is 11.0 Å². The predicted octanol–water partition coefficient (Wildman–Crippen LogP) is 4.96. The second-order valence-electron chi connectivity index (χ2n) is 13.3. The van der Waals surface area contributed by atoms with Crippen molar-refractivity contribution in [3.05, 3.63) is 64.5 Å². The molecule has 0 bridgehead atoms. The Morgan fingerprint density at radius 3 is 2.45 bits per heavy atom. The van der Waals surface area contributed by atoms with Gasteiger partial charge in [0.25, 0.3) is 5.91 Å². The Balaban J connectivity index is 1.46. The first-order valence-electron chi connectivity index (χ1n) is 15.7. The number of aromatic amines is 1. The molecule has 1 saturated carbocycles. The van der Waals surface area contributed by atoms with E-state index in [0.29, 0.717) is 5.62 Å². The summed E-state index contributed by atoms with van der Waals surface area (Å²) in [4.78, 5) is 36.1. The maximum atomic E-state index is 14.1. The third-order valence-electron chi connectivity index (χ3n) is 9.13. The molecule has 234 valence electrons. The van der Waals surface area contributed by atoms with Gasteiger partial charge in [0, 0.05) is 30.1 Å². The Hall–Kier alpha value is -3.81. The van der Waals surface area contributed by atoms with E-state index in [0.717, 1.165) is 86.9 Å². The number of imidazole rings is 1. The van der Waals surface area contributed by atoms with E-state index >= 15 is 0 Å². The SMILES string of the molecule is CC(C)NC(=O)[C@H]1CC[C@@H](n2/c(=N/C(=O)c3cc(F)cc(C#N)c3)[nH]c3ccc(CN4CCC(C(C)(C)O)CC4)cc32)CC1. The first kappa shape index (κ1) is 31.6. The molecule has 3 aromatic rings. The molecule has 1 aromatic heterocycles. The summed E-state index contributed by atoms with van der Waals surface area (Å²) in [6.45, 7) is 10.3. The quantitative estimate of drug-likeness (QED) is 0.352. The van der Waals surface area contributed by atoms with Crippen molar-refractivity contribution in [2.75, 3.05) is 13.1 Å². The molecule has 2 fully saturated rings. The largest absolute Gasteiger partial charge is 0.390 e. The van der Waals surface area contributed by atoms with Gasteiger partial charge in [-0.2, -0.15) is 10.3 Å². The van der Waals surface area contributed by atoms with Crippen molar-refractivity contribution in [1.29, 1.82) is 5.26 Å². The van der Waals surface area contributed by atoms with Gasteiger partial charge >= 0.3 is 0 Å². The van der Waals surface area contributed by atoms with E-state index in [4.69, 9.17) is 0 Å². The molecule has 44 heavy (non-hydrogen) atoms. The van der Waals surface area contributed by atoms with Crippen molar-refractivity contribution in [2.24, 2.45) is 16.8 Å². The highest BCUT2D eigenvalue weighted by Gasteiger charge is 2.31. The summed E-state index contributed by atoms with van der Waals surface area (Å²) >= 11 is 0. The minimum atomic E-state index is -0.671. The summed E-state index contributed by atoms with van der Waals surface area (Å²) in [6, 6.07) is 11.7. The lowest BCUT2D eigenvalue weighted by Gasteiger charge is -2.37. The fourth-order valence-electron chi connectivity index (χ4n) is 6.72. The number of nitrogens with one attached hydrogen (secondary N) is 2. The van der Waals surface area contributed by atoms with Gasteiger partial charge in [-0.05, 0) is 121 Å². The molecular weight excluding hydrogens is 559 g/mol. The van der Waals surface area contributed by atoms with Crippen LogP contribution in [0.4, 0.5) is 4.39 Å². The lowest BCUT2D eigenvalue weighted by Crippen LogP contribution is -2.41. The highest BCUT2D eigenvalue weighted by atomic mass is 19.1. The van der Waals surface area contributed by atoms with Crippen LogP contribution in [0.15, 0.2) is 41.4 Å². The Morgan fingerprint density at radius 1 is 1.11 bits per heavy atom. The Labute approximate surface area is 257 Å². The van der Waals surface area contributed by atoms with E-state index in [1.54, 1.807) is 0 Å². The van der Waals surface area contributed by atoms with Crippen LogP contribution in [-0.4, -0.2) is 56.1 Å². The number of piperidine rings is 1. The van der Waals surface area contributed by atoms with E-state index < -0.39 is 17.3 Å². The molecule has 2 amide bonds. The number of amides is 2. The number of carbonyl (C=O) groups excluding carboxylic acids is 2. The lowest BCUT2D eigenvalue weighted by molar-refractivity contribution is -0.126. The van der Waals surface area contributed by atoms with Gasteiger partial charge in [-0.15, -0.1) is 0 Å². The lowest BCUT2D eigenvalue weighted by atomic mass is 9.83. The molecule has 10 heteroatoms. The number of aromatic nitrogens is 2. The molecule has 1 saturated heterocycles. The maximum Gasteiger partial charge on any atom is 0.280 e. The molecular formula is C34H43FN6O3. The normalized spacial score (nSPS) is 20.6. The van der Waals surface area contributed by atoms with Crippen LogP contribution in [0.1, 0.15) is 93.7 Å². The summed E-state index contributed by atoms with van der Waals surface area (Å²) in [5.74, 6) is -0.990. The maximum absolute atomic E-state index is 14.1. The van der Waals surface area contributed by atoms with E-state index in [-0.39, 0.29) is 41.0 Å². The fraction of sp³-hybridized carbons (Fsp3) is 0.529. The third kappa shape index (κ3) is 7.28. The van der Waals surface area contributed by atoms with Crippen LogP contribution in [0, 0.1) is 29.0 Å². The van der Waals surface area contributed by atoms with Gasteiger partial charge in [0.05, 0.1) is 28.3 Å². The number of rotatable bonds is 7. The van der Waals surface area contributed by atoms with Crippen LogP contribution in [-0.2, 0) is 11.3 Å². The molecule has 0 atom stereocenters. The third-order valence-corrected chi connectivity index (χ3v) is 9.13. The van der Waals surface area contributed by atoms with Gasteiger partial charge in [-0.1, -0.05) is 6.07 Å². The van der Waals surface area contributed by atoms with Crippen molar-refractivity contribution in [1.82, 2.24) is 19.8 Å². The van der Waals surface area contributed by atoms with Crippen LogP contribution < -0.4 is 10.9 Å². The second-order valence-corrected chi connectivity index (χ2v) is 13.3. The monoisotopic (exact) mass is 602 g/mol. The molecule has 9 nitrogen and oxygen atoms in total. The standard InChI is InChI=1S/C34H43FN6O3/c1-21(2)37-31(42)24-6-8-28(9-7-24)41-30-17-22(20-40-13-11-26(12-14-40)34(3,4)44)5-10-29(30)38-33(41)39-32(43)25-15-23(19-36)16-27(35)18-25/h5,10,15-18,21,24,26,28,44H,6-9,11-14,20H2,1-4H3,(H,37,42)(H,38,39,43)/t24-,28+. The minimum absolute atomic E-state index is 0.0102. The number of fused-ring (bicyclic) bond motifs is 1. The van der Waals surface area contributed by atoms with Gasteiger partial charge in [0.15, 0.2) is 0 Å². The highest BCUT2D eigenvalue weighted by molar-refractivity contribution is 5.95. The zero-order valence-electron chi connectivity index (χ0n) is 26.1. The topological polar surface area (TPSA) is 127 Å². The smallest absolute Gasteiger partial charge is 0.280 e. The predicted molar refractivity (Wildman–Crippen MR) is 166 cm³/mol. The number of hydrogen-bond acceptors (Lipinski definition) is 5. The number of H-pyrrole nitrogens is 1.